The number of carbonyl (C=O) groups excluding carboxylic acids is 2. The van der Waals surface area contributed by atoms with Crippen LogP contribution in [0.2, 0.25) is 0 Å². The molecule has 1 amide bonds. The molecule has 1 saturated heterocycles. The Bertz CT molecular complexity index is 868. The first-order valence-electron chi connectivity index (χ1n) is 11.3. The zero-order valence-corrected chi connectivity index (χ0v) is 19.6. The predicted molar refractivity (Wildman–Crippen MR) is 132 cm³/mol. The first kappa shape index (κ1) is 24.3. The van der Waals surface area contributed by atoms with Gasteiger partial charge in [-0.2, -0.15) is 0 Å². The Kier molecular flexibility index (Phi) is 9.59. The van der Waals surface area contributed by atoms with Crippen LogP contribution in [0.15, 0.2) is 54.6 Å². The van der Waals surface area contributed by atoms with Crippen LogP contribution < -0.4 is 10.2 Å². The molecule has 1 aliphatic rings. The summed E-state index contributed by atoms with van der Waals surface area (Å²) in [6, 6.07) is 17.6. The van der Waals surface area contributed by atoms with Crippen LogP contribution in [0.25, 0.3) is 0 Å². The van der Waals surface area contributed by atoms with E-state index in [0.29, 0.717) is 17.7 Å². The molecular formula is C25H33N3O3S. The van der Waals surface area contributed by atoms with Crippen LogP contribution in [-0.4, -0.2) is 65.9 Å². The number of hydrogen-bond donors (Lipinski definition) is 1. The van der Waals surface area contributed by atoms with Crippen LogP contribution in [0.5, 0.6) is 0 Å². The van der Waals surface area contributed by atoms with Crippen molar-refractivity contribution in [2.45, 2.75) is 25.7 Å². The lowest BCUT2D eigenvalue weighted by atomic mass is 10.0. The molecule has 32 heavy (non-hydrogen) atoms. The minimum atomic E-state index is -1.19. The van der Waals surface area contributed by atoms with Gasteiger partial charge in [-0.3, -0.25) is 14.5 Å². The molecule has 0 radical (unpaired) electrons. The van der Waals surface area contributed by atoms with E-state index in [0.717, 1.165) is 52.0 Å². The fourth-order valence-corrected chi connectivity index (χ4v) is 4.40. The van der Waals surface area contributed by atoms with E-state index in [1.807, 2.05) is 0 Å². The summed E-state index contributed by atoms with van der Waals surface area (Å²) in [6.07, 6.45) is 5.00. The summed E-state index contributed by atoms with van der Waals surface area (Å²) in [5, 5.41) is 2.70. The minimum Gasteiger partial charge on any atom is -0.616 e. The lowest BCUT2D eigenvalue weighted by Crippen LogP contribution is -2.46. The van der Waals surface area contributed by atoms with Crippen molar-refractivity contribution in [1.29, 1.82) is 0 Å². The number of nitrogens with one attached hydrogen (secondary N) is 1. The Morgan fingerprint density at radius 2 is 1.72 bits per heavy atom. The van der Waals surface area contributed by atoms with Gasteiger partial charge in [-0.15, -0.1) is 0 Å². The summed E-state index contributed by atoms with van der Waals surface area (Å²) in [7, 11) is 0. The van der Waals surface area contributed by atoms with E-state index < -0.39 is 11.2 Å². The molecule has 1 unspecified atom stereocenters. The molecule has 0 aromatic heterocycles. The number of rotatable bonds is 11. The van der Waals surface area contributed by atoms with Crippen molar-refractivity contribution in [2.75, 3.05) is 54.9 Å². The van der Waals surface area contributed by atoms with E-state index in [1.165, 1.54) is 11.9 Å². The van der Waals surface area contributed by atoms with Crippen LogP contribution in [0.4, 0.5) is 11.4 Å². The van der Waals surface area contributed by atoms with Crippen LogP contribution in [0, 0.1) is 0 Å². The highest BCUT2D eigenvalue weighted by molar-refractivity contribution is 7.91. The highest BCUT2D eigenvalue weighted by Crippen LogP contribution is 2.17. The van der Waals surface area contributed by atoms with Crippen LogP contribution >= 0.6 is 0 Å². The van der Waals surface area contributed by atoms with Crippen molar-refractivity contribution in [1.82, 2.24) is 4.90 Å². The van der Waals surface area contributed by atoms with Gasteiger partial charge in [-0.05, 0) is 54.8 Å². The average Bonchev–Trinajstić information content (AvgIpc) is 2.79. The van der Waals surface area contributed by atoms with Crippen molar-refractivity contribution in [3.8, 4) is 0 Å². The molecule has 6 nitrogen and oxygen atoms in total. The van der Waals surface area contributed by atoms with Crippen molar-refractivity contribution in [3.63, 3.8) is 0 Å². The third-order valence-electron chi connectivity index (χ3n) is 5.67. The normalized spacial score (nSPS) is 15.4. The first-order valence-corrected chi connectivity index (χ1v) is 13.0. The summed E-state index contributed by atoms with van der Waals surface area (Å²) in [4.78, 5) is 29.2. The number of hydrogen-bond acceptors (Lipinski definition) is 5. The van der Waals surface area contributed by atoms with Gasteiger partial charge in [0.05, 0.1) is 6.26 Å². The third kappa shape index (κ3) is 7.97. The SMILES string of the molecule is C[S+]([O-])CC(=O)Nc1cccc(C(=O)CCCCCN2CCN(c3ccccc3)CC2)c1. The Balaban J connectivity index is 1.32. The van der Waals surface area contributed by atoms with E-state index in [-0.39, 0.29) is 17.4 Å². The number of ketones is 1. The fraction of sp³-hybridized carbons (Fsp3) is 0.440. The second kappa shape index (κ2) is 12.6. The second-order valence-corrected chi connectivity index (χ2v) is 9.68. The van der Waals surface area contributed by atoms with Crippen molar-refractivity contribution in [2.24, 2.45) is 0 Å². The van der Waals surface area contributed by atoms with Crippen LogP contribution in [0.1, 0.15) is 36.0 Å². The van der Waals surface area contributed by atoms with Gasteiger partial charge in [0.15, 0.2) is 11.5 Å². The zero-order valence-electron chi connectivity index (χ0n) is 18.8. The molecule has 3 rings (SSSR count). The predicted octanol–water partition coefficient (Wildman–Crippen LogP) is 3.57. The molecule has 172 valence electrons. The number of unbranched alkanes of at least 4 members (excludes halogenated alkanes) is 2. The Hall–Kier alpha value is -2.35. The highest BCUT2D eigenvalue weighted by atomic mass is 32.2. The Morgan fingerprint density at radius 3 is 2.44 bits per heavy atom. The summed E-state index contributed by atoms with van der Waals surface area (Å²) in [6.45, 7) is 5.36. The lowest BCUT2D eigenvalue weighted by molar-refractivity contribution is -0.113. The van der Waals surface area contributed by atoms with E-state index in [2.05, 4.69) is 45.4 Å². The smallest absolute Gasteiger partial charge is 0.274 e. The van der Waals surface area contributed by atoms with Gasteiger partial charge in [0.1, 0.15) is 0 Å². The first-order chi connectivity index (χ1) is 15.5. The number of para-hydroxylation sites is 1. The number of carbonyl (C=O) groups is 2. The molecule has 0 bridgehead atoms. The molecule has 0 spiro atoms. The summed E-state index contributed by atoms with van der Waals surface area (Å²) in [5.41, 5.74) is 2.48. The summed E-state index contributed by atoms with van der Waals surface area (Å²) >= 11 is -1.19. The molecule has 2 aromatic carbocycles. The maximum Gasteiger partial charge on any atom is 0.274 e. The minimum absolute atomic E-state index is 0.0422. The highest BCUT2D eigenvalue weighted by Gasteiger charge is 2.16. The van der Waals surface area contributed by atoms with Crippen molar-refractivity contribution < 1.29 is 14.1 Å². The van der Waals surface area contributed by atoms with Gasteiger partial charge in [0.25, 0.3) is 5.91 Å². The number of benzene rings is 2. The van der Waals surface area contributed by atoms with E-state index in [9.17, 15) is 14.1 Å². The lowest BCUT2D eigenvalue weighted by Gasteiger charge is -2.36. The third-order valence-corrected chi connectivity index (χ3v) is 6.34. The number of piperazine rings is 1. The number of Topliss-reactive ketones (excluding diaryl/α,β-unsaturated/α-hetero) is 1. The largest absolute Gasteiger partial charge is 0.616 e. The second-order valence-electron chi connectivity index (χ2n) is 8.24. The summed E-state index contributed by atoms with van der Waals surface area (Å²) < 4.78 is 11.2. The van der Waals surface area contributed by atoms with Gasteiger partial charge in [-0.1, -0.05) is 36.8 Å². The number of nitrogens with zero attached hydrogens (tertiary/aromatic N) is 2. The maximum atomic E-state index is 12.5. The van der Waals surface area contributed by atoms with E-state index in [1.54, 1.807) is 24.3 Å². The van der Waals surface area contributed by atoms with E-state index in [4.69, 9.17) is 0 Å². The Morgan fingerprint density at radius 1 is 0.969 bits per heavy atom. The number of anilines is 2. The van der Waals surface area contributed by atoms with E-state index >= 15 is 0 Å². The molecule has 1 fully saturated rings. The summed E-state index contributed by atoms with van der Waals surface area (Å²) in [5.74, 6) is -0.254. The van der Waals surface area contributed by atoms with Gasteiger partial charge >= 0.3 is 0 Å². The van der Waals surface area contributed by atoms with Gasteiger partial charge in [0.2, 0.25) is 0 Å². The van der Waals surface area contributed by atoms with Gasteiger partial charge in [0, 0.05) is 49.5 Å². The molecule has 1 heterocycles. The Labute approximate surface area is 194 Å². The molecule has 7 heteroatoms. The average molecular weight is 456 g/mol. The molecular weight excluding hydrogens is 422 g/mol. The molecule has 1 N–H and O–H groups in total. The molecule has 2 aromatic rings. The van der Waals surface area contributed by atoms with Crippen LogP contribution in [0.3, 0.4) is 0 Å². The standard InChI is InChI=1S/C25H33N3O3S/c1-32(31)20-25(30)26-22-10-8-9-21(19-22)24(29)13-6-3-7-14-27-15-17-28(18-16-27)23-11-4-2-5-12-23/h2,4-5,8-12,19H,3,6-7,13-18,20H2,1H3,(H,26,30). The van der Waals surface area contributed by atoms with Crippen molar-refractivity contribution in [3.05, 3.63) is 60.2 Å². The maximum absolute atomic E-state index is 12.5. The fourth-order valence-electron chi connectivity index (χ4n) is 3.96. The van der Waals surface area contributed by atoms with Gasteiger partial charge < -0.3 is 14.8 Å². The number of amides is 1. The molecule has 1 aliphatic heterocycles. The monoisotopic (exact) mass is 455 g/mol. The molecule has 0 aliphatic carbocycles. The van der Waals surface area contributed by atoms with Crippen LogP contribution in [-0.2, 0) is 16.0 Å². The van der Waals surface area contributed by atoms with Gasteiger partial charge in [-0.25, -0.2) is 0 Å². The zero-order chi connectivity index (χ0) is 22.8. The topological polar surface area (TPSA) is 75.7 Å². The molecule has 1 atom stereocenters. The van der Waals surface area contributed by atoms with Crippen molar-refractivity contribution >= 4 is 34.2 Å². The quantitative estimate of drug-likeness (QED) is 0.318. The molecule has 0 saturated carbocycles.